The largest absolute Gasteiger partial charge is 0.492 e. The molecule has 0 saturated carbocycles. The van der Waals surface area contributed by atoms with Crippen molar-refractivity contribution in [2.45, 2.75) is 25.8 Å². The highest BCUT2D eigenvalue weighted by Gasteiger charge is 2.14. The highest BCUT2D eigenvalue weighted by molar-refractivity contribution is 5.21. The van der Waals surface area contributed by atoms with Gasteiger partial charge in [-0.2, -0.15) is 0 Å². The summed E-state index contributed by atoms with van der Waals surface area (Å²) in [6, 6.07) is 20.8. The van der Waals surface area contributed by atoms with Gasteiger partial charge in [-0.1, -0.05) is 54.6 Å². The second kappa shape index (κ2) is 10.0. The number of likely N-dealkylation sites (tertiary alicyclic amines) is 1. The van der Waals surface area contributed by atoms with Gasteiger partial charge >= 0.3 is 0 Å². The second-order valence-electron chi connectivity index (χ2n) is 6.98. The maximum atomic E-state index is 5.88. The van der Waals surface area contributed by atoms with Gasteiger partial charge in [0.25, 0.3) is 0 Å². The molecule has 0 atom stereocenters. The van der Waals surface area contributed by atoms with Crippen molar-refractivity contribution in [3.63, 3.8) is 0 Å². The van der Waals surface area contributed by atoms with E-state index < -0.39 is 0 Å². The van der Waals surface area contributed by atoms with Gasteiger partial charge < -0.3 is 9.64 Å². The minimum atomic E-state index is 0.737. The summed E-state index contributed by atoms with van der Waals surface area (Å²) in [4.78, 5) is 4.87. The third-order valence-corrected chi connectivity index (χ3v) is 4.82. The first kappa shape index (κ1) is 18.5. The molecule has 1 aliphatic rings. The molecule has 0 aromatic heterocycles. The van der Waals surface area contributed by atoms with E-state index >= 15 is 0 Å². The van der Waals surface area contributed by atoms with Crippen molar-refractivity contribution in [3.05, 3.63) is 78.0 Å². The molecular formula is C23H30N2O. The Hall–Kier alpha value is -2.26. The number of benzene rings is 2. The molecular weight excluding hydrogens is 320 g/mol. The zero-order chi connectivity index (χ0) is 18.0. The van der Waals surface area contributed by atoms with Crippen molar-refractivity contribution in [2.75, 3.05) is 33.3 Å². The van der Waals surface area contributed by atoms with E-state index in [1.165, 1.54) is 30.5 Å². The summed E-state index contributed by atoms with van der Waals surface area (Å²) in [6.07, 6.45) is 6.17. The lowest BCUT2D eigenvalue weighted by Gasteiger charge is -2.32. The third kappa shape index (κ3) is 5.92. The summed E-state index contributed by atoms with van der Waals surface area (Å²) < 4.78 is 5.88. The summed E-state index contributed by atoms with van der Waals surface area (Å²) in [6.45, 7) is 4.82. The number of hydrogen-bond donors (Lipinski definition) is 0. The SMILES string of the molecule is CN(CC=C1CCCCN1CCOc1ccccc1)Cc1ccccc1. The number of nitrogens with zero attached hydrogens (tertiary/aromatic N) is 2. The molecule has 138 valence electrons. The fourth-order valence-electron chi connectivity index (χ4n) is 3.41. The minimum Gasteiger partial charge on any atom is -0.492 e. The number of rotatable bonds is 8. The fraction of sp³-hybridized carbons (Fsp3) is 0.391. The Morgan fingerprint density at radius 3 is 2.50 bits per heavy atom. The van der Waals surface area contributed by atoms with Crippen LogP contribution in [0.1, 0.15) is 24.8 Å². The molecule has 2 aromatic rings. The van der Waals surface area contributed by atoms with E-state index in [1.807, 2.05) is 30.3 Å². The quantitative estimate of drug-likeness (QED) is 0.694. The van der Waals surface area contributed by atoms with Crippen molar-refractivity contribution in [3.8, 4) is 5.75 Å². The zero-order valence-corrected chi connectivity index (χ0v) is 15.8. The van der Waals surface area contributed by atoms with Crippen molar-refractivity contribution < 1.29 is 4.74 Å². The molecule has 1 saturated heterocycles. The summed E-state index contributed by atoms with van der Waals surface area (Å²) in [5.41, 5.74) is 2.85. The van der Waals surface area contributed by atoms with Crippen molar-refractivity contribution in [2.24, 2.45) is 0 Å². The first-order chi connectivity index (χ1) is 12.8. The van der Waals surface area contributed by atoms with Gasteiger partial charge in [0.1, 0.15) is 12.4 Å². The fourth-order valence-corrected chi connectivity index (χ4v) is 3.41. The Labute approximate surface area is 157 Å². The summed E-state index contributed by atoms with van der Waals surface area (Å²) in [5.74, 6) is 0.956. The first-order valence-electron chi connectivity index (χ1n) is 9.65. The normalized spacial score (nSPS) is 16.2. The van der Waals surface area contributed by atoms with Gasteiger partial charge in [0.05, 0.1) is 6.54 Å². The number of piperidine rings is 1. The highest BCUT2D eigenvalue weighted by atomic mass is 16.5. The predicted molar refractivity (Wildman–Crippen MR) is 108 cm³/mol. The predicted octanol–water partition coefficient (Wildman–Crippen LogP) is 4.57. The van der Waals surface area contributed by atoms with E-state index in [0.29, 0.717) is 0 Å². The van der Waals surface area contributed by atoms with E-state index in [4.69, 9.17) is 4.74 Å². The van der Waals surface area contributed by atoms with Crippen molar-refractivity contribution in [1.82, 2.24) is 9.80 Å². The summed E-state index contributed by atoms with van der Waals surface area (Å²) >= 11 is 0. The maximum absolute atomic E-state index is 5.88. The topological polar surface area (TPSA) is 15.7 Å². The second-order valence-corrected chi connectivity index (χ2v) is 6.98. The number of hydrogen-bond acceptors (Lipinski definition) is 3. The summed E-state index contributed by atoms with van der Waals surface area (Å²) in [5, 5.41) is 0. The van der Waals surface area contributed by atoms with E-state index in [9.17, 15) is 0 Å². The Kier molecular flexibility index (Phi) is 7.15. The highest BCUT2D eigenvalue weighted by Crippen LogP contribution is 2.20. The van der Waals surface area contributed by atoms with Crippen LogP contribution in [0, 0.1) is 0 Å². The molecule has 0 amide bonds. The van der Waals surface area contributed by atoms with Gasteiger partial charge in [-0.05, 0) is 44.0 Å². The Morgan fingerprint density at radius 2 is 1.73 bits per heavy atom. The smallest absolute Gasteiger partial charge is 0.119 e. The number of para-hydroxylation sites is 1. The van der Waals surface area contributed by atoms with Gasteiger partial charge in [-0.25, -0.2) is 0 Å². The van der Waals surface area contributed by atoms with Crippen LogP contribution in [-0.2, 0) is 6.54 Å². The Morgan fingerprint density at radius 1 is 1.00 bits per heavy atom. The van der Waals surface area contributed by atoms with Crippen LogP contribution in [0.5, 0.6) is 5.75 Å². The minimum absolute atomic E-state index is 0.737. The average Bonchev–Trinajstić information content (AvgIpc) is 2.69. The zero-order valence-electron chi connectivity index (χ0n) is 15.8. The molecule has 0 radical (unpaired) electrons. The Balaban J connectivity index is 1.48. The monoisotopic (exact) mass is 350 g/mol. The van der Waals surface area contributed by atoms with Crippen LogP contribution in [0.2, 0.25) is 0 Å². The lowest BCUT2D eigenvalue weighted by atomic mass is 10.1. The molecule has 3 heteroatoms. The van der Waals surface area contributed by atoms with E-state index in [2.05, 4.69) is 53.3 Å². The summed E-state index contributed by atoms with van der Waals surface area (Å²) in [7, 11) is 2.19. The van der Waals surface area contributed by atoms with Crippen LogP contribution in [0.4, 0.5) is 0 Å². The molecule has 26 heavy (non-hydrogen) atoms. The molecule has 0 aliphatic carbocycles. The van der Waals surface area contributed by atoms with Crippen LogP contribution < -0.4 is 4.74 Å². The Bertz CT molecular complexity index is 669. The number of allylic oxidation sites excluding steroid dienone is 1. The van der Waals surface area contributed by atoms with Gasteiger partial charge in [-0.3, -0.25) is 4.90 Å². The standard InChI is InChI=1S/C23H30N2O/c1-24(20-21-10-4-2-5-11-21)17-15-22-12-8-9-16-25(22)18-19-26-23-13-6-3-7-14-23/h2-7,10-11,13-15H,8-9,12,16-20H2,1H3. The molecule has 1 heterocycles. The molecule has 1 fully saturated rings. The van der Waals surface area contributed by atoms with Crippen LogP contribution in [0.15, 0.2) is 72.4 Å². The van der Waals surface area contributed by atoms with Gasteiger partial charge in [0.15, 0.2) is 0 Å². The van der Waals surface area contributed by atoms with Gasteiger partial charge in [0.2, 0.25) is 0 Å². The lowest BCUT2D eigenvalue weighted by Crippen LogP contribution is -2.32. The van der Waals surface area contributed by atoms with Crippen molar-refractivity contribution in [1.29, 1.82) is 0 Å². The van der Waals surface area contributed by atoms with Gasteiger partial charge in [0, 0.05) is 25.3 Å². The number of likely N-dealkylation sites (N-methyl/N-ethyl adjacent to an activating group) is 1. The molecule has 3 rings (SSSR count). The van der Waals surface area contributed by atoms with E-state index in [-0.39, 0.29) is 0 Å². The first-order valence-corrected chi connectivity index (χ1v) is 9.65. The molecule has 0 unspecified atom stereocenters. The molecule has 0 N–H and O–H groups in total. The van der Waals surface area contributed by atoms with Crippen LogP contribution in [-0.4, -0.2) is 43.1 Å². The number of ether oxygens (including phenoxy) is 1. The molecule has 1 aliphatic heterocycles. The maximum Gasteiger partial charge on any atom is 0.119 e. The van der Waals surface area contributed by atoms with E-state index in [0.717, 1.165) is 38.5 Å². The third-order valence-electron chi connectivity index (χ3n) is 4.82. The molecule has 0 spiro atoms. The van der Waals surface area contributed by atoms with Crippen molar-refractivity contribution >= 4 is 0 Å². The van der Waals surface area contributed by atoms with Crippen LogP contribution in [0.3, 0.4) is 0 Å². The molecule has 0 bridgehead atoms. The average molecular weight is 351 g/mol. The molecule has 3 nitrogen and oxygen atoms in total. The van der Waals surface area contributed by atoms with Crippen LogP contribution in [0.25, 0.3) is 0 Å². The lowest BCUT2D eigenvalue weighted by molar-refractivity contribution is 0.219. The molecule has 2 aromatic carbocycles. The van der Waals surface area contributed by atoms with Gasteiger partial charge in [-0.15, -0.1) is 0 Å². The van der Waals surface area contributed by atoms with Crippen LogP contribution >= 0.6 is 0 Å². The van der Waals surface area contributed by atoms with E-state index in [1.54, 1.807) is 0 Å².